The van der Waals surface area contributed by atoms with E-state index in [0.717, 1.165) is 0 Å². The number of hydrogen-bond acceptors (Lipinski definition) is 3. The van der Waals surface area contributed by atoms with Crippen molar-refractivity contribution in [1.29, 1.82) is 0 Å². The van der Waals surface area contributed by atoms with Crippen LogP contribution >= 0.6 is 11.8 Å². The molecule has 0 aliphatic rings. The third-order valence-corrected chi connectivity index (χ3v) is 3.11. The lowest BCUT2D eigenvalue weighted by atomic mass is 10.2. The van der Waals surface area contributed by atoms with Gasteiger partial charge in [-0.1, -0.05) is 13.8 Å². The van der Waals surface area contributed by atoms with E-state index in [4.69, 9.17) is 10.8 Å². The van der Waals surface area contributed by atoms with Crippen LogP contribution in [-0.4, -0.2) is 28.5 Å². The molecule has 0 heterocycles. The van der Waals surface area contributed by atoms with Crippen molar-refractivity contribution in [2.75, 3.05) is 11.5 Å². The van der Waals surface area contributed by atoms with Crippen LogP contribution in [0.1, 0.15) is 13.8 Å². The number of primary amides is 1. The van der Waals surface area contributed by atoms with Crippen LogP contribution < -0.4 is 5.73 Å². The van der Waals surface area contributed by atoms with Crippen molar-refractivity contribution in [3.05, 3.63) is 0 Å². The fourth-order valence-electron chi connectivity index (χ4n) is 0.575. The van der Waals surface area contributed by atoms with Gasteiger partial charge in [-0.2, -0.15) is 11.8 Å². The molecule has 2 atom stereocenters. The van der Waals surface area contributed by atoms with Crippen molar-refractivity contribution in [2.45, 2.75) is 13.8 Å². The number of nitrogens with two attached hydrogens (primary N) is 1. The Hall–Kier alpha value is -0.710. The van der Waals surface area contributed by atoms with E-state index in [0.29, 0.717) is 11.5 Å². The molecule has 76 valence electrons. The molecule has 0 aromatic heterocycles. The first-order valence-corrected chi connectivity index (χ1v) is 5.20. The topological polar surface area (TPSA) is 80.4 Å². The summed E-state index contributed by atoms with van der Waals surface area (Å²) >= 11 is 1.44. The average molecular weight is 205 g/mol. The average Bonchev–Trinajstić information content (AvgIpc) is 2.03. The Morgan fingerprint density at radius 2 is 1.77 bits per heavy atom. The molecule has 3 N–H and O–H groups in total. The van der Waals surface area contributed by atoms with Crippen molar-refractivity contribution in [2.24, 2.45) is 17.6 Å². The van der Waals surface area contributed by atoms with Gasteiger partial charge in [-0.3, -0.25) is 9.59 Å². The molecule has 0 saturated carbocycles. The molecule has 0 saturated heterocycles. The van der Waals surface area contributed by atoms with Gasteiger partial charge in [0.1, 0.15) is 0 Å². The Labute approximate surface area is 81.9 Å². The smallest absolute Gasteiger partial charge is 0.307 e. The fraction of sp³-hybridized carbons (Fsp3) is 0.750. The Balaban J connectivity index is 3.56. The Morgan fingerprint density at radius 1 is 1.31 bits per heavy atom. The van der Waals surface area contributed by atoms with Crippen LogP contribution in [0.2, 0.25) is 0 Å². The zero-order valence-corrected chi connectivity index (χ0v) is 8.63. The number of carbonyl (C=O) groups is 2. The van der Waals surface area contributed by atoms with Gasteiger partial charge in [0.15, 0.2) is 0 Å². The molecule has 0 fully saturated rings. The minimum atomic E-state index is -0.806. The van der Waals surface area contributed by atoms with Crippen molar-refractivity contribution in [1.82, 2.24) is 0 Å². The van der Waals surface area contributed by atoms with Gasteiger partial charge in [0.2, 0.25) is 5.91 Å². The Kier molecular flexibility index (Phi) is 5.53. The number of rotatable bonds is 6. The normalized spacial score (nSPS) is 14.9. The van der Waals surface area contributed by atoms with E-state index in [1.54, 1.807) is 13.8 Å². The first kappa shape index (κ1) is 12.3. The summed E-state index contributed by atoms with van der Waals surface area (Å²) < 4.78 is 0. The summed E-state index contributed by atoms with van der Waals surface area (Å²) in [7, 11) is 0. The summed E-state index contributed by atoms with van der Waals surface area (Å²) in [4.78, 5) is 21.0. The second-order valence-corrected chi connectivity index (χ2v) is 4.16. The maximum absolute atomic E-state index is 10.6. The van der Waals surface area contributed by atoms with Gasteiger partial charge >= 0.3 is 5.97 Å². The molecule has 0 aliphatic carbocycles. The van der Waals surface area contributed by atoms with E-state index >= 15 is 0 Å². The largest absolute Gasteiger partial charge is 0.481 e. The number of hydrogen-bond donors (Lipinski definition) is 2. The highest BCUT2D eigenvalue weighted by molar-refractivity contribution is 7.99. The molecule has 2 unspecified atom stereocenters. The van der Waals surface area contributed by atoms with Crippen molar-refractivity contribution in [3.63, 3.8) is 0 Å². The highest BCUT2D eigenvalue weighted by Gasteiger charge is 2.13. The lowest BCUT2D eigenvalue weighted by molar-refractivity contribution is -0.140. The predicted octanol–water partition coefficient (Wildman–Crippen LogP) is 0.562. The number of carboxylic acid groups (broad SMARTS) is 1. The molecule has 13 heavy (non-hydrogen) atoms. The third kappa shape index (κ3) is 5.52. The van der Waals surface area contributed by atoms with Crippen molar-refractivity contribution < 1.29 is 14.7 Å². The van der Waals surface area contributed by atoms with Crippen LogP contribution in [0.25, 0.3) is 0 Å². The molecular weight excluding hydrogens is 190 g/mol. The second kappa shape index (κ2) is 5.85. The summed E-state index contributed by atoms with van der Waals surface area (Å²) in [6.07, 6.45) is 0. The van der Waals surface area contributed by atoms with Gasteiger partial charge in [-0.25, -0.2) is 0 Å². The highest BCUT2D eigenvalue weighted by Crippen LogP contribution is 2.12. The van der Waals surface area contributed by atoms with Gasteiger partial charge in [-0.15, -0.1) is 0 Å². The summed E-state index contributed by atoms with van der Waals surface area (Å²) in [6, 6.07) is 0. The minimum Gasteiger partial charge on any atom is -0.481 e. The number of thioether (sulfide) groups is 1. The zero-order chi connectivity index (χ0) is 10.4. The van der Waals surface area contributed by atoms with E-state index in [1.165, 1.54) is 11.8 Å². The summed E-state index contributed by atoms with van der Waals surface area (Å²) in [5, 5.41) is 8.55. The maximum Gasteiger partial charge on any atom is 0.307 e. The predicted molar refractivity (Wildman–Crippen MR) is 52.5 cm³/mol. The lowest BCUT2D eigenvalue weighted by Crippen LogP contribution is -2.23. The molecular formula is C8H15NO3S. The van der Waals surface area contributed by atoms with E-state index in [1.807, 2.05) is 0 Å². The molecule has 4 nitrogen and oxygen atoms in total. The fourth-order valence-corrected chi connectivity index (χ4v) is 1.73. The van der Waals surface area contributed by atoms with Crippen molar-refractivity contribution >= 4 is 23.6 Å². The van der Waals surface area contributed by atoms with Crippen LogP contribution in [0.3, 0.4) is 0 Å². The highest BCUT2D eigenvalue weighted by atomic mass is 32.2. The Bertz CT molecular complexity index is 176. The monoisotopic (exact) mass is 205 g/mol. The molecule has 0 aliphatic heterocycles. The molecule has 0 spiro atoms. The number of carbonyl (C=O) groups excluding carboxylic acids is 1. The molecule has 0 aromatic carbocycles. The third-order valence-electron chi connectivity index (χ3n) is 1.64. The van der Waals surface area contributed by atoms with Gasteiger partial charge < -0.3 is 10.8 Å². The number of carboxylic acids is 1. The van der Waals surface area contributed by atoms with Crippen LogP contribution in [0.4, 0.5) is 0 Å². The van der Waals surface area contributed by atoms with Crippen LogP contribution in [-0.2, 0) is 9.59 Å². The Morgan fingerprint density at radius 3 is 2.15 bits per heavy atom. The molecule has 5 heteroatoms. The SMILES string of the molecule is CC(CSCC(C)C(=O)O)C(N)=O. The number of aliphatic carboxylic acids is 1. The lowest BCUT2D eigenvalue weighted by Gasteiger charge is -2.08. The van der Waals surface area contributed by atoms with Gasteiger partial charge in [-0.05, 0) is 0 Å². The molecule has 0 bridgehead atoms. The standard InChI is InChI=1S/C8H15NO3S/c1-5(7(9)10)3-13-4-6(2)8(11)12/h5-6H,3-4H2,1-2H3,(H2,9,10)(H,11,12). The molecule has 0 aromatic rings. The zero-order valence-electron chi connectivity index (χ0n) is 7.82. The summed E-state index contributed by atoms with van der Waals surface area (Å²) in [6.45, 7) is 3.38. The van der Waals surface area contributed by atoms with Crippen molar-refractivity contribution in [3.8, 4) is 0 Å². The first-order valence-electron chi connectivity index (χ1n) is 4.05. The first-order chi connectivity index (χ1) is 5.95. The van der Waals surface area contributed by atoms with Gasteiger partial charge in [0, 0.05) is 17.4 Å². The second-order valence-electron chi connectivity index (χ2n) is 3.08. The van der Waals surface area contributed by atoms with Gasteiger partial charge in [0.25, 0.3) is 0 Å². The van der Waals surface area contributed by atoms with Crippen LogP contribution in [0, 0.1) is 11.8 Å². The summed E-state index contributed by atoms with van der Waals surface area (Å²) in [5.74, 6) is -0.592. The van der Waals surface area contributed by atoms with Gasteiger partial charge in [0.05, 0.1) is 5.92 Å². The van der Waals surface area contributed by atoms with E-state index in [2.05, 4.69) is 0 Å². The summed E-state index contributed by atoms with van der Waals surface area (Å²) in [5.41, 5.74) is 5.04. The van der Waals surface area contributed by atoms with Crippen LogP contribution in [0.5, 0.6) is 0 Å². The molecule has 0 rings (SSSR count). The molecule has 1 amide bonds. The van der Waals surface area contributed by atoms with E-state index in [-0.39, 0.29) is 17.7 Å². The minimum absolute atomic E-state index is 0.189. The maximum atomic E-state index is 10.6. The molecule has 0 radical (unpaired) electrons. The number of amides is 1. The van der Waals surface area contributed by atoms with Crippen LogP contribution in [0.15, 0.2) is 0 Å². The van der Waals surface area contributed by atoms with E-state index in [9.17, 15) is 9.59 Å². The van der Waals surface area contributed by atoms with E-state index < -0.39 is 5.97 Å². The quantitative estimate of drug-likeness (QED) is 0.664.